The van der Waals surface area contributed by atoms with Gasteiger partial charge in [-0.3, -0.25) is 4.98 Å². The lowest BCUT2D eigenvalue weighted by molar-refractivity contribution is 0.459. The summed E-state index contributed by atoms with van der Waals surface area (Å²) in [6.07, 6.45) is 5.95. The summed E-state index contributed by atoms with van der Waals surface area (Å²) in [5.41, 5.74) is 5.57. The second kappa shape index (κ2) is 6.57. The summed E-state index contributed by atoms with van der Waals surface area (Å²) in [5, 5.41) is 3.21. The van der Waals surface area contributed by atoms with Gasteiger partial charge in [0.15, 0.2) is 0 Å². The molecule has 2 heterocycles. The summed E-state index contributed by atoms with van der Waals surface area (Å²) in [6.45, 7) is 2.17. The molecule has 1 atom stereocenters. The molecule has 1 aromatic rings. The second-order valence-electron chi connectivity index (χ2n) is 3.13. The SMILES string of the molecule is NC1CCCNC1.c1ccncc1. The van der Waals surface area contributed by atoms with Gasteiger partial charge in [-0.15, -0.1) is 0 Å². The second-order valence-corrected chi connectivity index (χ2v) is 3.13. The van der Waals surface area contributed by atoms with E-state index in [1.165, 1.54) is 12.8 Å². The Bertz CT molecular complexity index is 168. The van der Waals surface area contributed by atoms with E-state index in [1.54, 1.807) is 12.4 Å². The number of nitrogens with zero attached hydrogens (tertiary/aromatic N) is 1. The fraction of sp³-hybridized carbons (Fsp3) is 0.500. The molecule has 13 heavy (non-hydrogen) atoms. The maximum Gasteiger partial charge on any atom is 0.0267 e. The van der Waals surface area contributed by atoms with E-state index in [-0.39, 0.29) is 0 Å². The highest BCUT2D eigenvalue weighted by molar-refractivity contribution is 4.88. The normalized spacial score (nSPS) is 21.5. The molecule has 3 nitrogen and oxygen atoms in total. The Hall–Kier alpha value is -0.930. The van der Waals surface area contributed by atoms with Gasteiger partial charge >= 0.3 is 0 Å². The fourth-order valence-electron chi connectivity index (χ4n) is 1.19. The summed E-state index contributed by atoms with van der Waals surface area (Å²) in [6, 6.07) is 6.14. The average molecular weight is 179 g/mol. The maximum atomic E-state index is 5.57. The molecular weight excluding hydrogens is 162 g/mol. The van der Waals surface area contributed by atoms with Crippen LogP contribution in [0, 0.1) is 0 Å². The molecule has 0 amide bonds. The Morgan fingerprint density at radius 3 is 2.23 bits per heavy atom. The molecule has 3 heteroatoms. The van der Waals surface area contributed by atoms with Gasteiger partial charge in [0.2, 0.25) is 0 Å². The first-order valence-electron chi connectivity index (χ1n) is 4.71. The molecule has 3 N–H and O–H groups in total. The lowest BCUT2D eigenvalue weighted by atomic mass is 10.1. The van der Waals surface area contributed by atoms with E-state index >= 15 is 0 Å². The molecule has 1 fully saturated rings. The van der Waals surface area contributed by atoms with Crippen molar-refractivity contribution in [3.8, 4) is 0 Å². The highest BCUT2D eigenvalue weighted by atomic mass is 14.9. The van der Waals surface area contributed by atoms with E-state index < -0.39 is 0 Å². The van der Waals surface area contributed by atoms with E-state index in [2.05, 4.69) is 10.3 Å². The lowest BCUT2D eigenvalue weighted by Crippen LogP contribution is -2.39. The topological polar surface area (TPSA) is 50.9 Å². The highest BCUT2D eigenvalue weighted by Gasteiger charge is 2.05. The van der Waals surface area contributed by atoms with Gasteiger partial charge in [0, 0.05) is 25.0 Å². The number of nitrogens with one attached hydrogen (secondary N) is 1. The Morgan fingerprint density at radius 2 is 2.00 bits per heavy atom. The summed E-state index contributed by atoms with van der Waals surface area (Å²) in [7, 11) is 0. The van der Waals surface area contributed by atoms with Crippen molar-refractivity contribution < 1.29 is 0 Å². The smallest absolute Gasteiger partial charge is 0.0267 e. The Labute approximate surface area is 79.4 Å². The van der Waals surface area contributed by atoms with Crippen LogP contribution in [0.5, 0.6) is 0 Å². The van der Waals surface area contributed by atoms with Gasteiger partial charge in [0.05, 0.1) is 0 Å². The summed E-state index contributed by atoms with van der Waals surface area (Å²) < 4.78 is 0. The van der Waals surface area contributed by atoms with Crippen molar-refractivity contribution >= 4 is 0 Å². The van der Waals surface area contributed by atoms with Crippen LogP contribution < -0.4 is 11.1 Å². The van der Waals surface area contributed by atoms with Crippen molar-refractivity contribution in [1.29, 1.82) is 0 Å². The lowest BCUT2D eigenvalue weighted by Gasteiger charge is -2.17. The Morgan fingerprint density at radius 1 is 1.23 bits per heavy atom. The maximum absolute atomic E-state index is 5.57. The molecule has 0 bridgehead atoms. The average Bonchev–Trinajstić information content (AvgIpc) is 2.22. The Balaban J connectivity index is 0.000000132. The van der Waals surface area contributed by atoms with E-state index in [0.29, 0.717) is 6.04 Å². The zero-order valence-corrected chi connectivity index (χ0v) is 7.82. The number of hydrogen-bond acceptors (Lipinski definition) is 3. The molecule has 1 saturated heterocycles. The van der Waals surface area contributed by atoms with Crippen LogP contribution >= 0.6 is 0 Å². The van der Waals surface area contributed by atoms with Gasteiger partial charge in [0.25, 0.3) is 0 Å². The minimum atomic E-state index is 0.425. The van der Waals surface area contributed by atoms with Crippen LogP contribution in [0.2, 0.25) is 0 Å². The van der Waals surface area contributed by atoms with Crippen LogP contribution in [0.15, 0.2) is 30.6 Å². The van der Waals surface area contributed by atoms with Crippen molar-refractivity contribution in [2.75, 3.05) is 13.1 Å². The van der Waals surface area contributed by atoms with Crippen molar-refractivity contribution in [2.24, 2.45) is 5.73 Å². The van der Waals surface area contributed by atoms with Crippen LogP contribution in [0.1, 0.15) is 12.8 Å². The summed E-state index contributed by atoms with van der Waals surface area (Å²) >= 11 is 0. The van der Waals surface area contributed by atoms with Crippen LogP contribution in [0.25, 0.3) is 0 Å². The molecule has 0 spiro atoms. The van der Waals surface area contributed by atoms with Crippen LogP contribution in [0.4, 0.5) is 0 Å². The molecule has 0 saturated carbocycles. The molecule has 72 valence electrons. The number of pyridine rings is 1. The third-order valence-corrected chi connectivity index (χ3v) is 1.90. The fourth-order valence-corrected chi connectivity index (χ4v) is 1.19. The number of piperidine rings is 1. The number of nitrogens with two attached hydrogens (primary N) is 1. The third-order valence-electron chi connectivity index (χ3n) is 1.90. The van der Waals surface area contributed by atoms with E-state index in [0.717, 1.165) is 13.1 Å². The highest BCUT2D eigenvalue weighted by Crippen LogP contribution is 1.96. The molecule has 2 rings (SSSR count). The van der Waals surface area contributed by atoms with Crippen LogP contribution in [-0.4, -0.2) is 24.1 Å². The monoisotopic (exact) mass is 179 g/mol. The largest absolute Gasteiger partial charge is 0.327 e. The van der Waals surface area contributed by atoms with Gasteiger partial charge < -0.3 is 11.1 Å². The van der Waals surface area contributed by atoms with Crippen molar-refractivity contribution in [3.05, 3.63) is 30.6 Å². The molecule has 1 unspecified atom stereocenters. The first kappa shape index (κ1) is 10.2. The summed E-state index contributed by atoms with van der Waals surface area (Å²) in [5.74, 6) is 0. The summed E-state index contributed by atoms with van der Waals surface area (Å²) in [4.78, 5) is 3.78. The van der Waals surface area contributed by atoms with E-state index in [1.807, 2.05) is 18.2 Å². The molecule has 1 aromatic heterocycles. The van der Waals surface area contributed by atoms with Crippen molar-refractivity contribution in [3.63, 3.8) is 0 Å². The molecule has 0 aliphatic carbocycles. The minimum Gasteiger partial charge on any atom is -0.327 e. The van der Waals surface area contributed by atoms with Gasteiger partial charge in [-0.1, -0.05) is 6.07 Å². The predicted molar refractivity (Wildman–Crippen MR) is 54.3 cm³/mol. The standard InChI is InChI=1S/C5H12N2.C5H5N/c6-5-2-1-3-7-4-5;1-2-4-6-5-3-1/h5,7H,1-4,6H2;1-5H. The molecular formula is C10H17N3. The van der Waals surface area contributed by atoms with Crippen LogP contribution in [-0.2, 0) is 0 Å². The van der Waals surface area contributed by atoms with E-state index in [9.17, 15) is 0 Å². The molecule has 1 aliphatic rings. The number of rotatable bonds is 0. The Kier molecular flexibility index (Phi) is 5.13. The van der Waals surface area contributed by atoms with Gasteiger partial charge in [-0.25, -0.2) is 0 Å². The number of hydrogen-bond donors (Lipinski definition) is 2. The van der Waals surface area contributed by atoms with Crippen molar-refractivity contribution in [1.82, 2.24) is 10.3 Å². The quantitative estimate of drug-likeness (QED) is 0.618. The first-order chi connectivity index (χ1) is 6.39. The van der Waals surface area contributed by atoms with E-state index in [4.69, 9.17) is 5.73 Å². The number of aromatic nitrogens is 1. The van der Waals surface area contributed by atoms with Gasteiger partial charge in [-0.2, -0.15) is 0 Å². The molecule has 0 radical (unpaired) electrons. The first-order valence-corrected chi connectivity index (χ1v) is 4.71. The zero-order chi connectivity index (χ0) is 9.36. The minimum absolute atomic E-state index is 0.425. The van der Waals surface area contributed by atoms with Crippen molar-refractivity contribution in [2.45, 2.75) is 18.9 Å². The van der Waals surface area contributed by atoms with Gasteiger partial charge in [-0.05, 0) is 31.5 Å². The van der Waals surface area contributed by atoms with Gasteiger partial charge in [0.1, 0.15) is 0 Å². The molecule has 0 aromatic carbocycles. The van der Waals surface area contributed by atoms with Crippen LogP contribution in [0.3, 0.4) is 0 Å². The third kappa shape index (κ3) is 5.33. The zero-order valence-electron chi connectivity index (χ0n) is 7.82. The molecule has 1 aliphatic heterocycles. The predicted octanol–water partition coefficient (Wildman–Crippen LogP) is 0.779.